The zero-order chi connectivity index (χ0) is 18.9. The SMILES string of the molecule is CN=C(NCCCN1CCc2ccccc2C1)NCCc1ccc(Cl)nc1. The summed E-state index contributed by atoms with van der Waals surface area (Å²) in [5.74, 6) is 0.848. The van der Waals surface area contributed by atoms with Gasteiger partial charge >= 0.3 is 0 Å². The topological polar surface area (TPSA) is 52.6 Å². The number of benzene rings is 1. The molecule has 1 aromatic heterocycles. The Labute approximate surface area is 166 Å². The minimum absolute atomic E-state index is 0.529. The van der Waals surface area contributed by atoms with Crippen LogP contribution in [0.3, 0.4) is 0 Å². The number of fused-ring (bicyclic) bond motifs is 1. The van der Waals surface area contributed by atoms with Crippen molar-refractivity contribution in [2.24, 2.45) is 4.99 Å². The molecule has 1 aromatic carbocycles. The van der Waals surface area contributed by atoms with Gasteiger partial charge in [0.2, 0.25) is 0 Å². The summed E-state index contributed by atoms with van der Waals surface area (Å²) in [5.41, 5.74) is 4.14. The highest BCUT2D eigenvalue weighted by Gasteiger charge is 2.14. The Morgan fingerprint density at radius 3 is 2.74 bits per heavy atom. The van der Waals surface area contributed by atoms with Crippen LogP contribution in [0.15, 0.2) is 47.6 Å². The molecule has 2 heterocycles. The number of aliphatic imine (C=N–C) groups is 1. The molecule has 0 unspecified atom stereocenters. The number of hydrogen-bond donors (Lipinski definition) is 2. The molecule has 0 spiro atoms. The van der Waals surface area contributed by atoms with Gasteiger partial charge in [0.25, 0.3) is 0 Å². The molecule has 3 rings (SSSR count). The van der Waals surface area contributed by atoms with Crippen LogP contribution in [0.2, 0.25) is 5.15 Å². The Bertz CT molecular complexity index is 744. The van der Waals surface area contributed by atoms with Crippen LogP contribution in [-0.2, 0) is 19.4 Å². The van der Waals surface area contributed by atoms with Crippen molar-refractivity contribution in [2.45, 2.75) is 25.8 Å². The summed E-state index contributed by atoms with van der Waals surface area (Å²) < 4.78 is 0. The number of nitrogens with zero attached hydrogens (tertiary/aromatic N) is 3. The number of nitrogens with one attached hydrogen (secondary N) is 2. The third-order valence-electron chi connectivity index (χ3n) is 4.87. The number of guanidine groups is 1. The van der Waals surface area contributed by atoms with Crippen LogP contribution in [-0.4, -0.2) is 49.1 Å². The second-order valence-corrected chi connectivity index (χ2v) is 7.20. The van der Waals surface area contributed by atoms with Gasteiger partial charge in [-0.25, -0.2) is 4.98 Å². The van der Waals surface area contributed by atoms with Gasteiger partial charge in [-0.05, 0) is 42.0 Å². The van der Waals surface area contributed by atoms with E-state index in [1.54, 1.807) is 7.05 Å². The largest absolute Gasteiger partial charge is 0.356 e. The fourth-order valence-electron chi connectivity index (χ4n) is 3.35. The predicted octanol–water partition coefficient (Wildman–Crippen LogP) is 2.89. The maximum Gasteiger partial charge on any atom is 0.190 e. The van der Waals surface area contributed by atoms with E-state index < -0.39 is 0 Å². The van der Waals surface area contributed by atoms with Crippen molar-refractivity contribution in [1.82, 2.24) is 20.5 Å². The van der Waals surface area contributed by atoms with E-state index in [0.29, 0.717) is 5.15 Å². The Balaban J connectivity index is 1.31. The molecule has 144 valence electrons. The van der Waals surface area contributed by atoms with Gasteiger partial charge in [0, 0.05) is 46.0 Å². The van der Waals surface area contributed by atoms with E-state index in [2.05, 4.69) is 49.8 Å². The lowest BCUT2D eigenvalue weighted by molar-refractivity contribution is 0.251. The first-order chi connectivity index (χ1) is 13.2. The van der Waals surface area contributed by atoms with E-state index in [4.69, 9.17) is 11.6 Å². The Kier molecular flexibility index (Phi) is 7.48. The minimum Gasteiger partial charge on any atom is -0.356 e. The first kappa shape index (κ1) is 19.6. The van der Waals surface area contributed by atoms with Crippen LogP contribution in [0.1, 0.15) is 23.1 Å². The van der Waals surface area contributed by atoms with Crippen LogP contribution < -0.4 is 10.6 Å². The molecular weight excluding hydrogens is 358 g/mol. The zero-order valence-electron chi connectivity index (χ0n) is 15.9. The molecule has 0 fully saturated rings. The average molecular weight is 386 g/mol. The first-order valence-corrected chi connectivity index (χ1v) is 9.96. The minimum atomic E-state index is 0.529. The maximum absolute atomic E-state index is 5.81. The lowest BCUT2D eigenvalue weighted by Crippen LogP contribution is -2.40. The molecule has 1 aliphatic heterocycles. The standard InChI is InChI=1S/C21H28ClN5/c1-23-21(25-12-9-17-7-8-20(22)26-15-17)24-11-4-13-27-14-10-18-5-2-3-6-19(18)16-27/h2-3,5-8,15H,4,9-14,16H2,1H3,(H2,23,24,25). The molecule has 0 saturated carbocycles. The van der Waals surface area contributed by atoms with Crippen LogP contribution >= 0.6 is 11.6 Å². The number of rotatable bonds is 7. The van der Waals surface area contributed by atoms with E-state index in [1.807, 2.05) is 18.3 Å². The summed E-state index contributed by atoms with van der Waals surface area (Å²) >= 11 is 5.81. The smallest absolute Gasteiger partial charge is 0.190 e. The van der Waals surface area contributed by atoms with Crippen molar-refractivity contribution in [3.05, 3.63) is 64.4 Å². The maximum atomic E-state index is 5.81. The van der Waals surface area contributed by atoms with E-state index in [0.717, 1.165) is 63.5 Å². The Morgan fingerprint density at radius 1 is 1.15 bits per heavy atom. The van der Waals surface area contributed by atoms with Crippen molar-refractivity contribution >= 4 is 17.6 Å². The fraction of sp³-hybridized carbons (Fsp3) is 0.429. The summed E-state index contributed by atoms with van der Waals surface area (Å²) in [4.78, 5) is 10.9. The van der Waals surface area contributed by atoms with E-state index >= 15 is 0 Å². The van der Waals surface area contributed by atoms with Gasteiger partial charge in [0.05, 0.1) is 0 Å². The molecule has 2 N–H and O–H groups in total. The molecule has 0 saturated heterocycles. The average Bonchev–Trinajstić information content (AvgIpc) is 2.71. The van der Waals surface area contributed by atoms with Crippen molar-refractivity contribution in [1.29, 1.82) is 0 Å². The molecule has 0 aliphatic carbocycles. The quantitative estimate of drug-likeness (QED) is 0.333. The van der Waals surface area contributed by atoms with E-state index in [9.17, 15) is 0 Å². The van der Waals surface area contributed by atoms with Gasteiger partial charge in [-0.15, -0.1) is 0 Å². The molecule has 0 bridgehead atoms. The van der Waals surface area contributed by atoms with Gasteiger partial charge < -0.3 is 10.6 Å². The summed E-state index contributed by atoms with van der Waals surface area (Å²) in [6, 6.07) is 12.6. The second kappa shape index (κ2) is 10.3. The summed E-state index contributed by atoms with van der Waals surface area (Å²) in [6.45, 7) is 5.05. The Hall–Kier alpha value is -2.11. The van der Waals surface area contributed by atoms with Gasteiger partial charge in [-0.2, -0.15) is 0 Å². The summed E-state index contributed by atoms with van der Waals surface area (Å²) in [6.07, 6.45) is 4.96. The number of halogens is 1. The van der Waals surface area contributed by atoms with Gasteiger partial charge in [-0.3, -0.25) is 9.89 Å². The van der Waals surface area contributed by atoms with Crippen molar-refractivity contribution in [3.8, 4) is 0 Å². The van der Waals surface area contributed by atoms with Gasteiger partial charge in [0.1, 0.15) is 5.15 Å². The van der Waals surface area contributed by atoms with Crippen LogP contribution in [0.25, 0.3) is 0 Å². The van der Waals surface area contributed by atoms with Crippen LogP contribution in [0, 0.1) is 0 Å². The number of aromatic nitrogens is 1. The highest BCUT2D eigenvalue weighted by atomic mass is 35.5. The predicted molar refractivity (Wildman–Crippen MR) is 112 cm³/mol. The van der Waals surface area contributed by atoms with Gasteiger partial charge in [0.15, 0.2) is 5.96 Å². The second-order valence-electron chi connectivity index (χ2n) is 6.81. The summed E-state index contributed by atoms with van der Waals surface area (Å²) in [5, 5.41) is 7.28. The lowest BCUT2D eigenvalue weighted by Gasteiger charge is -2.28. The first-order valence-electron chi connectivity index (χ1n) is 9.58. The molecule has 0 amide bonds. The van der Waals surface area contributed by atoms with E-state index in [1.165, 1.54) is 11.1 Å². The third-order valence-corrected chi connectivity index (χ3v) is 5.10. The lowest BCUT2D eigenvalue weighted by atomic mass is 10.00. The highest BCUT2D eigenvalue weighted by molar-refractivity contribution is 6.29. The molecule has 5 nitrogen and oxygen atoms in total. The zero-order valence-corrected chi connectivity index (χ0v) is 16.7. The van der Waals surface area contributed by atoms with Gasteiger partial charge in [-0.1, -0.05) is 41.9 Å². The van der Waals surface area contributed by atoms with Crippen LogP contribution in [0.4, 0.5) is 0 Å². The summed E-state index contributed by atoms with van der Waals surface area (Å²) in [7, 11) is 1.81. The van der Waals surface area contributed by atoms with E-state index in [-0.39, 0.29) is 0 Å². The molecule has 2 aromatic rings. The molecule has 27 heavy (non-hydrogen) atoms. The Morgan fingerprint density at radius 2 is 1.96 bits per heavy atom. The fourth-order valence-corrected chi connectivity index (χ4v) is 3.47. The monoisotopic (exact) mass is 385 g/mol. The number of hydrogen-bond acceptors (Lipinski definition) is 3. The van der Waals surface area contributed by atoms with Crippen molar-refractivity contribution in [2.75, 3.05) is 33.2 Å². The molecule has 0 radical (unpaired) electrons. The number of pyridine rings is 1. The van der Waals surface area contributed by atoms with Crippen molar-refractivity contribution < 1.29 is 0 Å². The normalized spacial score (nSPS) is 14.7. The highest BCUT2D eigenvalue weighted by Crippen LogP contribution is 2.18. The van der Waals surface area contributed by atoms with Crippen molar-refractivity contribution in [3.63, 3.8) is 0 Å². The molecular formula is C21H28ClN5. The van der Waals surface area contributed by atoms with Crippen LogP contribution in [0.5, 0.6) is 0 Å². The third kappa shape index (κ3) is 6.22. The molecule has 1 aliphatic rings. The molecule has 0 atom stereocenters. The molecule has 6 heteroatoms.